The number of benzene rings is 1. The lowest BCUT2D eigenvalue weighted by atomic mass is 10.2. The van der Waals surface area contributed by atoms with Crippen LogP contribution in [0.25, 0.3) is 0 Å². The van der Waals surface area contributed by atoms with Crippen LogP contribution in [0.1, 0.15) is 12.0 Å². The third kappa shape index (κ3) is 4.16. The number of carbonyl (C=O) groups is 1. The molecule has 0 aliphatic carbocycles. The first-order valence-electron chi connectivity index (χ1n) is 4.91. The molecule has 0 bridgehead atoms. The SMILES string of the molecule is C=CCC(N)C(=O)OCc1cccc(Br)c1. The summed E-state index contributed by atoms with van der Waals surface area (Å²) in [6.07, 6.45) is 2.03. The largest absolute Gasteiger partial charge is 0.460 e. The predicted molar refractivity (Wildman–Crippen MR) is 66.7 cm³/mol. The maximum atomic E-state index is 11.4. The molecule has 3 nitrogen and oxygen atoms in total. The van der Waals surface area contributed by atoms with E-state index in [4.69, 9.17) is 10.5 Å². The zero-order valence-electron chi connectivity index (χ0n) is 8.86. The predicted octanol–water partition coefficient (Wildman–Crippen LogP) is 2.40. The fraction of sp³-hybridized carbons (Fsp3) is 0.250. The lowest BCUT2D eigenvalue weighted by molar-refractivity contribution is -0.146. The molecule has 86 valence electrons. The van der Waals surface area contributed by atoms with Gasteiger partial charge in [-0.3, -0.25) is 4.79 Å². The van der Waals surface area contributed by atoms with Crippen molar-refractivity contribution < 1.29 is 9.53 Å². The third-order valence-electron chi connectivity index (χ3n) is 1.99. The van der Waals surface area contributed by atoms with Gasteiger partial charge in [0.15, 0.2) is 0 Å². The first kappa shape index (κ1) is 12.9. The van der Waals surface area contributed by atoms with Crippen LogP contribution in [-0.2, 0) is 16.1 Å². The highest BCUT2D eigenvalue weighted by atomic mass is 79.9. The van der Waals surface area contributed by atoms with Crippen LogP contribution in [0.15, 0.2) is 41.4 Å². The lowest BCUT2D eigenvalue weighted by Crippen LogP contribution is -2.31. The summed E-state index contributed by atoms with van der Waals surface area (Å²) in [4.78, 5) is 11.4. The standard InChI is InChI=1S/C12H14BrNO2/c1-2-4-11(14)12(15)16-8-9-5-3-6-10(13)7-9/h2-3,5-7,11H,1,4,8,14H2. The van der Waals surface area contributed by atoms with Crippen LogP contribution in [0.3, 0.4) is 0 Å². The summed E-state index contributed by atoms with van der Waals surface area (Å²) in [6, 6.07) is 6.96. The molecule has 2 N–H and O–H groups in total. The Bertz CT molecular complexity index is 379. The normalized spacial score (nSPS) is 11.9. The minimum Gasteiger partial charge on any atom is -0.460 e. The molecule has 0 aliphatic rings. The first-order chi connectivity index (χ1) is 7.63. The highest BCUT2D eigenvalue weighted by molar-refractivity contribution is 9.10. The van der Waals surface area contributed by atoms with Gasteiger partial charge in [-0.25, -0.2) is 0 Å². The number of nitrogens with two attached hydrogens (primary N) is 1. The second-order valence-electron chi connectivity index (χ2n) is 3.37. The van der Waals surface area contributed by atoms with E-state index in [-0.39, 0.29) is 6.61 Å². The van der Waals surface area contributed by atoms with Crippen molar-refractivity contribution in [1.82, 2.24) is 0 Å². The molecular formula is C12H14BrNO2. The Balaban J connectivity index is 2.45. The summed E-state index contributed by atoms with van der Waals surface area (Å²) < 4.78 is 6.02. The molecule has 0 radical (unpaired) electrons. The average molecular weight is 284 g/mol. The first-order valence-corrected chi connectivity index (χ1v) is 5.70. The lowest BCUT2D eigenvalue weighted by Gasteiger charge is -2.09. The van der Waals surface area contributed by atoms with E-state index in [9.17, 15) is 4.79 Å². The van der Waals surface area contributed by atoms with Crippen LogP contribution in [-0.4, -0.2) is 12.0 Å². The van der Waals surface area contributed by atoms with Gasteiger partial charge in [0.1, 0.15) is 12.6 Å². The van der Waals surface area contributed by atoms with Crippen molar-refractivity contribution in [2.45, 2.75) is 19.1 Å². The van der Waals surface area contributed by atoms with Crippen LogP contribution in [0.2, 0.25) is 0 Å². The average Bonchev–Trinajstić information content (AvgIpc) is 2.26. The van der Waals surface area contributed by atoms with Crippen molar-refractivity contribution in [3.63, 3.8) is 0 Å². The van der Waals surface area contributed by atoms with E-state index in [0.29, 0.717) is 6.42 Å². The highest BCUT2D eigenvalue weighted by Crippen LogP contribution is 2.12. The highest BCUT2D eigenvalue weighted by Gasteiger charge is 2.12. The number of rotatable bonds is 5. The second kappa shape index (κ2) is 6.45. The van der Waals surface area contributed by atoms with Gasteiger partial charge >= 0.3 is 5.97 Å². The van der Waals surface area contributed by atoms with Gasteiger partial charge < -0.3 is 10.5 Å². The van der Waals surface area contributed by atoms with Gasteiger partial charge in [-0.1, -0.05) is 34.1 Å². The Morgan fingerprint density at radius 2 is 2.38 bits per heavy atom. The van der Waals surface area contributed by atoms with Crippen molar-refractivity contribution in [2.75, 3.05) is 0 Å². The molecule has 1 atom stereocenters. The van der Waals surface area contributed by atoms with E-state index in [1.807, 2.05) is 24.3 Å². The van der Waals surface area contributed by atoms with Crippen molar-refractivity contribution in [1.29, 1.82) is 0 Å². The molecule has 0 aromatic heterocycles. The summed E-state index contributed by atoms with van der Waals surface area (Å²) in [5.74, 6) is -0.403. The van der Waals surface area contributed by atoms with Crippen molar-refractivity contribution >= 4 is 21.9 Å². The maximum absolute atomic E-state index is 11.4. The number of ether oxygens (including phenoxy) is 1. The van der Waals surface area contributed by atoms with Crippen molar-refractivity contribution in [2.24, 2.45) is 5.73 Å². The van der Waals surface area contributed by atoms with Gasteiger partial charge in [0, 0.05) is 4.47 Å². The number of hydrogen-bond donors (Lipinski definition) is 1. The Labute approximate surface area is 103 Å². The molecule has 0 amide bonds. The molecule has 1 aromatic carbocycles. The van der Waals surface area contributed by atoms with Crippen LogP contribution < -0.4 is 5.73 Å². The third-order valence-corrected chi connectivity index (χ3v) is 2.49. The molecule has 1 rings (SSSR count). The molecule has 4 heteroatoms. The van der Waals surface area contributed by atoms with Crippen LogP contribution in [0.5, 0.6) is 0 Å². The number of carbonyl (C=O) groups excluding carboxylic acids is 1. The second-order valence-corrected chi connectivity index (χ2v) is 4.28. The summed E-state index contributed by atoms with van der Waals surface area (Å²) in [7, 11) is 0. The summed E-state index contributed by atoms with van der Waals surface area (Å²) in [5.41, 5.74) is 6.49. The number of halogens is 1. The smallest absolute Gasteiger partial charge is 0.323 e. The molecule has 0 saturated carbocycles. The molecule has 0 heterocycles. The molecule has 0 saturated heterocycles. The van der Waals surface area contributed by atoms with E-state index in [2.05, 4.69) is 22.5 Å². The van der Waals surface area contributed by atoms with Crippen molar-refractivity contribution in [3.05, 3.63) is 47.0 Å². The topological polar surface area (TPSA) is 52.3 Å². The van der Waals surface area contributed by atoms with Gasteiger partial charge in [-0.2, -0.15) is 0 Å². The maximum Gasteiger partial charge on any atom is 0.323 e. The fourth-order valence-corrected chi connectivity index (χ4v) is 1.61. The molecule has 0 aliphatic heterocycles. The molecular weight excluding hydrogens is 270 g/mol. The van der Waals surface area contributed by atoms with E-state index >= 15 is 0 Å². The van der Waals surface area contributed by atoms with Crippen LogP contribution in [0.4, 0.5) is 0 Å². The van der Waals surface area contributed by atoms with E-state index < -0.39 is 12.0 Å². The van der Waals surface area contributed by atoms with Gasteiger partial charge in [-0.05, 0) is 24.1 Å². The molecule has 16 heavy (non-hydrogen) atoms. The van der Waals surface area contributed by atoms with Crippen molar-refractivity contribution in [3.8, 4) is 0 Å². The van der Waals surface area contributed by atoms with Gasteiger partial charge in [0.05, 0.1) is 0 Å². The fourth-order valence-electron chi connectivity index (χ4n) is 1.16. The Kier molecular flexibility index (Phi) is 5.22. The molecule has 1 aromatic rings. The minimum atomic E-state index is -0.621. The summed E-state index contributed by atoms with van der Waals surface area (Å²) in [5, 5.41) is 0. The van der Waals surface area contributed by atoms with Crippen LogP contribution >= 0.6 is 15.9 Å². The zero-order chi connectivity index (χ0) is 12.0. The molecule has 0 spiro atoms. The Morgan fingerprint density at radius 3 is 3.00 bits per heavy atom. The van der Waals surface area contributed by atoms with E-state index in [1.165, 1.54) is 0 Å². The molecule has 0 fully saturated rings. The van der Waals surface area contributed by atoms with E-state index in [0.717, 1.165) is 10.0 Å². The minimum absolute atomic E-state index is 0.239. The van der Waals surface area contributed by atoms with E-state index in [1.54, 1.807) is 6.08 Å². The Hall–Kier alpha value is -1.13. The molecule has 1 unspecified atom stereocenters. The Morgan fingerprint density at radius 1 is 1.62 bits per heavy atom. The monoisotopic (exact) mass is 283 g/mol. The summed E-state index contributed by atoms with van der Waals surface area (Å²) >= 11 is 3.34. The number of hydrogen-bond acceptors (Lipinski definition) is 3. The van der Waals surface area contributed by atoms with Crippen LogP contribution in [0, 0.1) is 0 Å². The number of esters is 1. The van der Waals surface area contributed by atoms with Gasteiger partial charge in [0.2, 0.25) is 0 Å². The van der Waals surface area contributed by atoms with Gasteiger partial charge in [-0.15, -0.1) is 6.58 Å². The summed E-state index contributed by atoms with van der Waals surface area (Å²) in [6.45, 7) is 3.76. The quantitative estimate of drug-likeness (QED) is 0.667. The van der Waals surface area contributed by atoms with Gasteiger partial charge in [0.25, 0.3) is 0 Å². The zero-order valence-corrected chi connectivity index (χ0v) is 10.4.